The van der Waals surface area contributed by atoms with Crippen molar-refractivity contribution in [3.05, 3.63) is 95.9 Å². The molecule has 3 aliphatic heterocycles. The lowest BCUT2D eigenvalue weighted by atomic mass is 9.87. The molecule has 1 saturated heterocycles. The quantitative estimate of drug-likeness (QED) is 0.140. The fourth-order valence-electron chi connectivity index (χ4n) is 5.47. The molecule has 2 N–H and O–H groups in total. The molecular formula is C32H32O12. The van der Waals surface area contributed by atoms with E-state index in [-0.39, 0.29) is 42.4 Å². The van der Waals surface area contributed by atoms with Gasteiger partial charge in [0.1, 0.15) is 16.7 Å². The van der Waals surface area contributed by atoms with Crippen LogP contribution in [0.2, 0.25) is 0 Å². The van der Waals surface area contributed by atoms with E-state index in [0.717, 1.165) is 19.3 Å². The number of ether oxygens (including phenoxy) is 6. The summed E-state index contributed by atoms with van der Waals surface area (Å²) in [5.41, 5.74) is -0.666. The predicted molar refractivity (Wildman–Crippen MR) is 150 cm³/mol. The highest BCUT2D eigenvalue weighted by Gasteiger charge is 2.55. The first kappa shape index (κ1) is 30.5. The van der Waals surface area contributed by atoms with Crippen molar-refractivity contribution >= 4 is 23.9 Å². The van der Waals surface area contributed by atoms with E-state index in [1.807, 2.05) is 0 Å². The Morgan fingerprint density at radius 1 is 0.523 bits per heavy atom. The molecule has 0 aromatic heterocycles. The van der Waals surface area contributed by atoms with E-state index in [1.165, 1.54) is 42.5 Å². The van der Waals surface area contributed by atoms with Gasteiger partial charge in [-0.05, 0) is 31.1 Å². The maximum absolute atomic E-state index is 12.8. The van der Waals surface area contributed by atoms with Crippen molar-refractivity contribution in [2.24, 2.45) is 0 Å². The molecule has 12 heteroatoms. The highest BCUT2D eigenvalue weighted by molar-refractivity contribution is 6.15. The van der Waals surface area contributed by atoms with Gasteiger partial charge < -0.3 is 38.6 Å². The maximum Gasteiger partial charge on any atom is 0.348 e. The Morgan fingerprint density at radius 2 is 0.955 bits per heavy atom. The van der Waals surface area contributed by atoms with E-state index in [2.05, 4.69) is 6.58 Å². The highest BCUT2D eigenvalue weighted by Crippen LogP contribution is 2.46. The minimum Gasteiger partial charge on any atom is -0.480 e. The first-order valence-electron chi connectivity index (χ1n) is 14.3. The molecule has 3 fully saturated rings. The van der Waals surface area contributed by atoms with Crippen LogP contribution in [0.1, 0.15) is 57.8 Å². The summed E-state index contributed by atoms with van der Waals surface area (Å²) >= 11 is 0. The first-order valence-corrected chi connectivity index (χ1v) is 14.3. The molecule has 0 bridgehead atoms. The van der Waals surface area contributed by atoms with Crippen molar-refractivity contribution in [3.8, 4) is 0 Å². The average Bonchev–Trinajstić information content (AvgIpc) is 2.97. The van der Waals surface area contributed by atoms with Gasteiger partial charge in [0.25, 0.3) is 29.3 Å². The minimum atomic E-state index is -1.52. The van der Waals surface area contributed by atoms with Gasteiger partial charge in [0.05, 0.1) is 0 Å². The normalized spacial score (nSPS) is 24.6. The van der Waals surface area contributed by atoms with Crippen molar-refractivity contribution in [2.45, 2.75) is 75.1 Å². The number of hydrogen-bond acceptors (Lipinski definition) is 12. The summed E-state index contributed by atoms with van der Waals surface area (Å²) in [4.78, 5) is 50.1. The van der Waals surface area contributed by atoms with Crippen LogP contribution in [0.4, 0.5) is 0 Å². The third kappa shape index (κ3) is 6.34. The van der Waals surface area contributed by atoms with Gasteiger partial charge in [-0.25, -0.2) is 19.2 Å². The van der Waals surface area contributed by atoms with E-state index in [1.54, 1.807) is 18.2 Å². The Kier molecular flexibility index (Phi) is 8.52. The molecule has 0 unspecified atom stereocenters. The molecule has 5 rings (SSSR count). The van der Waals surface area contributed by atoms with E-state index in [9.17, 15) is 29.4 Å². The Labute approximate surface area is 252 Å². The molecule has 2 saturated carbocycles. The topological polar surface area (TPSA) is 164 Å². The Morgan fingerprint density at radius 3 is 1.41 bits per heavy atom. The summed E-state index contributed by atoms with van der Waals surface area (Å²) in [6.07, 6.45) is 17.9. The van der Waals surface area contributed by atoms with E-state index < -0.39 is 53.1 Å². The largest absolute Gasteiger partial charge is 0.480 e. The molecule has 0 aromatic carbocycles. The smallest absolute Gasteiger partial charge is 0.348 e. The van der Waals surface area contributed by atoms with Crippen LogP contribution in [-0.2, 0) is 47.6 Å². The zero-order valence-electron chi connectivity index (χ0n) is 23.8. The van der Waals surface area contributed by atoms with Crippen LogP contribution in [0.5, 0.6) is 0 Å². The third-order valence-electron chi connectivity index (χ3n) is 7.78. The van der Waals surface area contributed by atoms with Crippen LogP contribution in [0, 0.1) is 0 Å². The molecule has 44 heavy (non-hydrogen) atoms. The summed E-state index contributed by atoms with van der Waals surface area (Å²) in [7, 11) is 0. The first-order chi connectivity index (χ1) is 21.1. The van der Waals surface area contributed by atoms with Crippen LogP contribution >= 0.6 is 0 Å². The SMILES string of the molecule is C=CC=CC=CC1=C(O)OC2(CCC3(CC2)OC(=O)C(C=CC=CC=C2C(=O)OC4(CCCCC4)OC2=O)=C(O)O3)OC1=O. The van der Waals surface area contributed by atoms with Crippen molar-refractivity contribution in [2.75, 3.05) is 0 Å². The molecular weight excluding hydrogens is 576 g/mol. The second-order valence-electron chi connectivity index (χ2n) is 10.8. The molecule has 3 heterocycles. The van der Waals surface area contributed by atoms with Gasteiger partial charge in [-0.15, -0.1) is 0 Å². The molecule has 232 valence electrons. The summed E-state index contributed by atoms with van der Waals surface area (Å²) in [6, 6.07) is 0. The van der Waals surface area contributed by atoms with Gasteiger partial charge >= 0.3 is 23.9 Å². The monoisotopic (exact) mass is 608 g/mol. The van der Waals surface area contributed by atoms with Gasteiger partial charge in [0.2, 0.25) is 0 Å². The van der Waals surface area contributed by atoms with Crippen LogP contribution in [0.25, 0.3) is 0 Å². The standard InChI is InChI=1S/C32H32O12/c1-2-3-4-7-12-21-26(35)41-31(42-27(21)36)17-19-32(20-18-31)43-28(37)23(29(38)44-32)14-9-5-8-13-22-24(33)39-30(40-25(22)34)15-10-6-11-16-30/h2-5,7-9,12-14,35,37H,1,6,10-11,15-20H2. The Balaban J connectivity index is 1.18. The Hall–Kier alpha value is -5.00. The predicted octanol–water partition coefficient (Wildman–Crippen LogP) is 4.74. The zero-order chi connectivity index (χ0) is 31.4. The van der Waals surface area contributed by atoms with Crippen LogP contribution in [0.15, 0.2) is 95.9 Å². The van der Waals surface area contributed by atoms with Crippen molar-refractivity contribution in [1.82, 2.24) is 0 Å². The van der Waals surface area contributed by atoms with Crippen molar-refractivity contribution < 1.29 is 57.8 Å². The molecule has 3 spiro atoms. The average molecular weight is 609 g/mol. The molecule has 5 aliphatic rings. The molecule has 0 amide bonds. The van der Waals surface area contributed by atoms with Crippen molar-refractivity contribution in [1.29, 1.82) is 0 Å². The molecule has 0 atom stereocenters. The summed E-state index contributed by atoms with van der Waals surface area (Å²) < 4.78 is 33.1. The molecule has 0 radical (unpaired) electrons. The fraction of sp³-hybridized carbons (Fsp3) is 0.375. The zero-order valence-corrected chi connectivity index (χ0v) is 23.8. The second kappa shape index (κ2) is 12.3. The summed E-state index contributed by atoms with van der Waals surface area (Å²) in [5.74, 6) is -8.58. The Bertz CT molecular complexity index is 1430. The minimum absolute atomic E-state index is 0.00525. The van der Waals surface area contributed by atoms with Gasteiger partial charge in [0.15, 0.2) is 0 Å². The number of esters is 4. The molecule has 12 nitrogen and oxygen atoms in total. The summed E-state index contributed by atoms with van der Waals surface area (Å²) in [5, 5.41) is 20.9. The lowest BCUT2D eigenvalue weighted by molar-refractivity contribution is -0.302. The fourth-order valence-corrected chi connectivity index (χ4v) is 5.47. The van der Waals surface area contributed by atoms with Crippen LogP contribution < -0.4 is 0 Å². The number of allylic oxidation sites excluding steroid dienone is 8. The van der Waals surface area contributed by atoms with Gasteiger partial charge in [-0.2, -0.15) is 0 Å². The van der Waals surface area contributed by atoms with Gasteiger partial charge in [-0.3, -0.25) is 0 Å². The van der Waals surface area contributed by atoms with Crippen molar-refractivity contribution in [3.63, 3.8) is 0 Å². The third-order valence-corrected chi connectivity index (χ3v) is 7.78. The van der Waals surface area contributed by atoms with E-state index in [0.29, 0.717) is 12.8 Å². The number of aliphatic hydroxyl groups excluding tert-OH is 2. The van der Waals surface area contributed by atoms with Crippen LogP contribution in [-0.4, -0.2) is 51.5 Å². The summed E-state index contributed by atoms with van der Waals surface area (Å²) in [6.45, 7) is 3.54. The second-order valence-corrected chi connectivity index (χ2v) is 10.8. The number of rotatable bonds is 6. The molecule has 2 aliphatic carbocycles. The molecule has 0 aromatic rings. The number of hydrogen-bond donors (Lipinski definition) is 2. The van der Waals surface area contributed by atoms with Gasteiger partial charge in [0, 0.05) is 38.5 Å². The van der Waals surface area contributed by atoms with Crippen LogP contribution in [0.3, 0.4) is 0 Å². The van der Waals surface area contributed by atoms with E-state index >= 15 is 0 Å². The van der Waals surface area contributed by atoms with E-state index in [4.69, 9.17) is 28.4 Å². The number of aliphatic hydroxyl groups is 2. The number of carbonyl (C=O) groups excluding carboxylic acids is 4. The maximum atomic E-state index is 12.8. The number of carbonyl (C=O) groups is 4. The lowest BCUT2D eigenvalue weighted by Crippen LogP contribution is -2.53. The lowest BCUT2D eigenvalue weighted by Gasteiger charge is -2.46. The highest BCUT2D eigenvalue weighted by atomic mass is 16.8. The van der Waals surface area contributed by atoms with Gasteiger partial charge in [-0.1, -0.05) is 55.5 Å².